The second-order valence-electron chi connectivity index (χ2n) is 4.93. The van der Waals surface area contributed by atoms with Crippen LogP contribution < -0.4 is 0 Å². The number of aliphatic imine (C=N–C) groups is 1. The van der Waals surface area contributed by atoms with Gasteiger partial charge in [0, 0.05) is 6.21 Å². The standard InChI is InChI=1S/C18H21NO/c1-2-3-4-15-9-11-18(12-10-15)19-13-16-5-7-17(14-20)8-6-16/h5-13,20H,2-4,14H2,1H3/b19-13+. The van der Waals surface area contributed by atoms with Gasteiger partial charge in [-0.3, -0.25) is 4.99 Å². The van der Waals surface area contributed by atoms with Crippen LogP contribution in [-0.4, -0.2) is 11.3 Å². The third-order valence-corrected chi connectivity index (χ3v) is 3.28. The smallest absolute Gasteiger partial charge is 0.0681 e. The molecule has 2 aromatic rings. The van der Waals surface area contributed by atoms with Gasteiger partial charge in [-0.15, -0.1) is 0 Å². The molecule has 0 aromatic heterocycles. The summed E-state index contributed by atoms with van der Waals surface area (Å²) in [6, 6.07) is 16.2. The summed E-state index contributed by atoms with van der Waals surface area (Å²) in [5.74, 6) is 0. The van der Waals surface area contributed by atoms with Crippen molar-refractivity contribution in [3.05, 3.63) is 65.2 Å². The first-order valence-corrected chi connectivity index (χ1v) is 7.14. The van der Waals surface area contributed by atoms with E-state index in [9.17, 15) is 0 Å². The van der Waals surface area contributed by atoms with E-state index in [1.165, 1.54) is 18.4 Å². The number of nitrogens with zero attached hydrogens (tertiary/aromatic N) is 1. The van der Waals surface area contributed by atoms with E-state index in [0.717, 1.165) is 23.2 Å². The zero-order valence-corrected chi connectivity index (χ0v) is 11.9. The number of hydrogen-bond acceptors (Lipinski definition) is 2. The van der Waals surface area contributed by atoms with E-state index in [-0.39, 0.29) is 6.61 Å². The van der Waals surface area contributed by atoms with Crippen LogP contribution in [-0.2, 0) is 13.0 Å². The largest absolute Gasteiger partial charge is 0.392 e. The molecule has 0 radical (unpaired) electrons. The van der Waals surface area contributed by atoms with E-state index in [0.29, 0.717) is 0 Å². The Morgan fingerprint density at radius 3 is 2.20 bits per heavy atom. The van der Waals surface area contributed by atoms with E-state index in [1.54, 1.807) is 0 Å². The summed E-state index contributed by atoms with van der Waals surface area (Å²) in [6.45, 7) is 2.29. The Kier molecular flexibility index (Phi) is 5.51. The molecule has 104 valence electrons. The molecule has 2 aromatic carbocycles. The van der Waals surface area contributed by atoms with Crippen LogP contribution in [0, 0.1) is 0 Å². The molecule has 2 heteroatoms. The molecule has 20 heavy (non-hydrogen) atoms. The number of hydrogen-bond donors (Lipinski definition) is 1. The van der Waals surface area contributed by atoms with Crippen molar-refractivity contribution < 1.29 is 5.11 Å². The maximum Gasteiger partial charge on any atom is 0.0681 e. The molecule has 0 aliphatic heterocycles. The van der Waals surface area contributed by atoms with E-state index in [1.807, 2.05) is 30.5 Å². The van der Waals surface area contributed by atoms with Crippen molar-refractivity contribution in [3.63, 3.8) is 0 Å². The number of aliphatic hydroxyl groups is 1. The lowest BCUT2D eigenvalue weighted by molar-refractivity contribution is 0.282. The molecule has 0 heterocycles. The molecular weight excluding hydrogens is 246 g/mol. The molecule has 2 rings (SSSR count). The third-order valence-electron chi connectivity index (χ3n) is 3.28. The highest BCUT2D eigenvalue weighted by Crippen LogP contribution is 2.15. The summed E-state index contributed by atoms with van der Waals surface area (Å²) in [5.41, 5.74) is 4.30. The van der Waals surface area contributed by atoms with Crippen LogP contribution in [0.4, 0.5) is 5.69 Å². The quantitative estimate of drug-likeness (QED) is 0.779. The van der Waals surface area contributed by atoms with E-state index in [4.69, 9.17) is 5.11 Å². The van der Waals surface area contributed by atoms with Gasteiger partial charge in [0.1, 0.15) is 0 Å². The minimum Gasteiger partial charge on any atom is -0.392 e. The molecule has 0 fully saturated rings. The normalized spacial score (nSPS) is 11.1. The fraction of sp³-hybridized carbons (Fsp3) is 0.278. The van der Waals surface area contributed by atoms with E-state index >= 15 is 0 Å². The first kappa shape index (κ1) is 14.5. The average Bonchev–Trinajstić information content (AvgIpc) is 2.52. The Balaban J connectivity index is 1.99. The van der Waals surface area contributed by atoms with Crippen LogP contribution in [0.1, 0.15) is 36.5 Å². The first-order chi connectivity index (χ1) is 9.81. The van der Waals surface area contributed by atoms with Gasteiger partial charge in [-0.05, 0) is 41.7 Å². The zero-order valence-electron chi connectivity index (χ0n) is 11.9. The summed E-state index contributed by atoms with van der Waals surface area (Å²) >= 11 is 0. The highest BCUT2D eigenvalue weighted by Gasteiger charge is 1.94. The zero-order chi connectivity index (χ0) is 14.2. The highest BCUT2D eigenvalue weighted by atomic mass is 16.3. The van der Waals surface area contributed by atoms with Crippen molar-refractivity contribution in [1.29, 1.82) is 0 Å². The Bertz CT molecular complexity index is 541. The maximum absolute atomic E-state index is 8.99. The number of aliphatic hydroxyl groups excluding tert-OH is 1. The first-order valence-electron chi connectivity index (χ1n) is 7.14. The van der Waals surface area contributed by atoms with Crippen molar-refractivity contribution in [2.45, 2.75) is 32.8 Å². The molecule has 0 spiro atoms. The van der Waals surface area contributed by atoms with Crippen LogP contribution in [0.3, 0.4) is 0 Å². The van der Waals surface area contributed by atoms with Gasteiger partial charge in [0.15, 0.2) is 0 Å². The van der Waals surface area contributed by atoms with Crippen molar-refractivity contribution in [2.75, 3.05) is 0 Å². The monoisotopic (exact) mass is 267 g/mol. The summed E-state index contributed by atoms with van der Waals surface area (Å²) in [4.78, 5) is 4.47. The minimum atomic E-state index is 0.0800. The lowest BCUT2D eigenvalue weighted by Gasteiger charge is -2.00. The molecule has 0 saturated carbocycles. The van der Waals surface area contributed by atoms with Crippen LogP contribution in [0.2, 0.25) is 0 Å². The van der Waals surface area contributed by atoms with Crippen LogP contribution in [0.15, 0.2) is 53.5 Å². The van der Waals surface area contributed by atoms with Gasteiger partial charge in [0.25, 0.3) is 0 Å². The molecule has 0 unspecified atom stereocenters. The molecule has 1 N–H and O–H groups in total. The Hall–Kier alpha value is -1.93. The van der Waals surface area contributed by atoms with Gasteiger partial charge >= 0.3 is 0 Å². The second kappa shape index (κ2) is 7.61. The predicted molar refractivity (Wildman–Crippen MR) is 84.7 cm³/mol. The molecular formula is C18H21NO. The van der Waals surface area contributed by atoms with Crippen molar-refractivity contribution in [2.24, 2.45) is 4.99 Å². The third kappa shape index (κ3) is 4.32. The van der Waals surface area contributed by atoms with Crippen molar-refractivity contribution >= 4 is 11.9 Å². The fourth-order valence-corrected chi connectivity index (χ4v) is 1.99. The minimum absolute atomic E-state index is 0.0800. The van der Waals surface area contributed by atoms with Gasteiger partial charge in [0.05, 0.1) is 12.3 Å². The van der Waals surface area contributed by atoms with E-state index in [2.05, 4.69) is 36.2 Å². The number of unbranched alkanes of at least 4 members (excludes halogenated alkanes) is 1. The van der Waals surface area contributed by atoms with Gasteiger partial charge in [-0.2, -0.15) is 0 Å². The molecule has 0 saturated heterocycles. The van der Waals surface area contributed by atoms with Gasteiger partial charge in [-0.1, -0.05) is 49.7 Å². The van der Waals surface area contributed by atoms with Gasteiger partial charge < -0.3 is 5.11 Å². The summed E-state index contributed by atoms with van der Waals surface area (Å²) in [7, 11) is 0. The SMILES string of the molecule is CCCCc1ccc(/N=C/c2ccc(CO)cc2)cc1. The Morgan fingerprint density at radius 1 is 0.950 bits per heavy atom. The molecule has 0 amide bonds. The molecule has 0 aliphatic carbocycles. The van der Waals surface area contributed by atoms with Gasteiger partial charge in [0.2, 0.25) is 0 Å². The summed E-state index contributed by atoms with van der Waals surface area (Å²) < 4.78 is 0. The van der Waals surface area contributed by atoms with Crippen molar-refractivity contribution in [1.82, 2.24) is 0 Å². The average molecular weight is 267 g/mol. The lowest BCUT2D eigenvalue weighted by Crippen LogP contribution is -1.85. The lowest BCUT2D eigenvalue weighted by atomic mass is 10.1. The fourth-order valence-electron chi connectivity index (χ4n) is 1.99. The van der Waals surface area contributed by atoms with Crippen LogP contribution >= 0.6 is 0 Å². The number of rotatable bonds is 6. The molecule has 0 atom stereocenters. The van der Waals surface area contributed by atoms with Crippen LogP contribution in [0.5, 0.6) is 0 Å². The van der Waals surface area contributed by atoms with Crippen molar-refractivity contribution in [3.8, 4) is 0 Å². The number of benzene rings is 2. The van der Waals surface area contributed by atoms with Crippen LogP contribution in [0.25, 0.3) is 0 Å². The number of aryl methyl sites for hydroxylation is 1. The topological polar surface area (TPSA) is 32.6 Å². The summed E-state index contributed by atoms with van der Waals surface area (Å²) in [6.07, 6.45) is 5.45. The Labute approximate surface area is 120 Å². The van der Waals surface area contributed by atoms with E-state index < -0.39 is 0 Å². The highest BCUT2D eigenvalue weighted by molar-refractivity contribution is 5.81. The van der Waals surface area contributed by atoms with Gasteiger partial charge in [-0.25, -0.2) is 0 Å². The summed E-state index contributed by atoms with van der Waals surface area (Å²) in [5, 5.41) is 8.99. The molecule has 2 nitrogen and oxygen atoms in total. The molecule has 0 bridgehead atoms. The Morgan fingerprint density at radius 2 is 1.60 bits per heavy atom. The molecule has 0 aliphatic rings. The maximum atomic E-state index is 8.99. The predicted octanol–water partition coefficient (Wildman–Crippen LogP) is 4.27. The second-order valence-corrected chi connectivity index (χ2v) is 4.93.